The maximum atomic E-state index is 11.7. The molecule has 1 unspecified atom stereocenters. The molecule has 0 amide bonds. The molecule has 0 heterocycles. The summed E-state index contributed by atoms with van der Waals surface area (Å²) in [5.41, 5.74) is 0. The van der Waals surface area contributed by atoms with Gasteiger partial charge in [-0.15, -0.1) is 0 Å². The SMILES string of the molecule is CCCC/C=C\CC/C=C\CCCCCCC(O)(C[N+](C)(C)C)P(=O)(O)O. The van der Waals surface area contributed by atoms with Gasteiger partial charge in [0, 0.05) is 0 Å². The van der Waals surface area contributed by atoms with Crippen molar-refractivity contribution in [1.82, 2.24) is 0 Å². The van der Waals surface area contributed by atoms with Crippen LogP contribution in [0.4, 0.5) is 0 Å². The molecule has 0 aliphatic carbocycles. The molecule has 0 saturated carbocycles. The Labute approximate surface area is 166 Å². The molecule has 0 spiro atoms. The second-order valence-electron chi connectivity index (χ2n) is 8.59. The Morgan fingerprint density at radius 2 is 1.30 bits per heavy atom. The van der Waals surface area contributed by atoms with Crippen molar-refractivity contribution in [1.29, 1.82) is 0 Å². The molecule has 0 fully saturated rings. The van der Waals surface area contributed by atoms with Gasteiger partial charge in [0.25, 0.3) is 0 Å². The lowest BCUT2D eigenvalue weighted by Crippen LogP contribution is -2.49. The van der Waals surface area contributed by atoms with Crippen molar-refractivity contribution in [2.45, 2.75) is 82.9 Å². The van der Waals surface area contributed by atoms with Gasteiger partial charge in [-0.1, -0.05) is 56.9 Å². The molecule has 3 N–H and O–H groups in total. The van der Waals surface area contributed by atoms with Crippen molar-refractivity contribution in [2.75, 3.05) is 27.7 Å². The number of nitrogens with zero attached hydrogens (tertiary/aromatic N) is 1. The Morgan fingerprint density at radius 3 is 1.78 bits per heavy atom. The van der Waals surface area contributed by atoms with Crippen LogP contribution in [0.1, 0.15) is 77.6 Å². The maximum absolute atomic E-state index is 11.7. The molecule has 1 atom stereocenters. The van der Waals surface area contributed by atoms with Gasteiger partial charge in [0.05, 0.1) is 21.1 Å². The summed E-state index contributed by atoms with van der Waals surface area (Å²) in [6.07, 6.45) is 19.7. The van der Waals surface area contributed by atoms with Crippen LogP contribution in [0.2, 0.25) is 0 Å². The minimum Gasteiger partial charge on any atom is -0.373 e. The summed E-state index contributed by atoms with van der Waals surface area (Å²) in [5.74, 6) is 0. The van der Waals surface area contributed by atoms with E-state index in [1.807, 2.05) is 21.1 Å². The molecule has 0 saturated heterocycles. The molecule has 0 aliphatic rings. The lowest BCUT2D eigenvalue weighted by molar-refractivity contribution is -0.875. The molecule has 0 aromatic heterocycles. The highest BCUT2D eigenvalue weighted by Crippen LogP contribution is 2.52. The van der Waals surface area contributed by atoms with Crippen LogP contribution in [0, 0.1) is 0 Å². The van der Waals surface area contributed by atoms with Crippen molar-refractivity contribution >= 4 is 7.60 Å². The summed E-state index contributed by atoms with van der Waals surface area (Å²) < 4.78 is 12.0. The number of aliphatic hydroxyl groups is 1. The fourth-order valence-corrected chi connectivity index (χ4v) is 4.14. The van der Waals surface area contributed by atoms with E-state index < -0.39 is 12.9 Å². The molecule has 160 valence electrons. The molecular formula is C21H43NO4P+. The molecular weight excluding hydrogens is 361 g/mol. The van der Waals surface area contributed by atoms with E-state index in [1.165, 1.54) is 19.3 Å². The fourth-order valence-electron chi connectivity index (χ4n) is 3.09. The molecule has 0 bridgehead atoms. The van der Waals surface area contributed by atoms with Gasteiger partial charge in [-0.3, -0.25) is 4.57 Å². The van der Waals surface area contributed by atoms with Crippen LogP contribution in [-0.4, -0.2) is 52.4 Å². The van der Waals surface area contributed by atoms with Crippen LogP contribution < -0.4 is 0 Å². The third kappa shape index (κ3) is 14.2. The quantitative estimate of drug-likeness (QED) is 0.147. The predicted octanol–water partition coefficient (Wildman–Crippen LogP) is 4.98. The lowest BCUT2D eigenvalue weighted by atomic mass is 10.1. The fraction of sp³-hybridized carbons (Fsp3) is 0.810. The Bertz CT molecular complexity index is 479. The molecule has 27 heavy (non-hydrogen) atoms. The normalized spacial score (nSPS) is 15.7. The van der Waals surface area contributed by atoms with E-state index >= 15 is 0 Å². The first-order valence-electron chi connectivity index (χ1n) is 10.4. The first-order valence-corrected chi connectivity index (χ1v) is 12.0. The molecule has 0 aromatic carbocycles. The van der Waals surface area contributed by atoms with E-state index in [2.05, 4.69) is 31.2 Å². The van der Waals surface area contributed by atoms with Crippen LogP contribution in [0.25, 0.3) is 0 Å². The smallest absolute Gasteiger partial charge is 0.362 e. The van der Waals surface area contributed by atoms with E-state index in [4.69, 9.17) is 0 Å². The zero-order valence-corrected chi connectivity index (χ0v) is 18.8. The Kier molecular flexibility index (Phi) is 13.5. The number of likely N-dealkylation sites (N-methyl/N-ethyl adjacent to an activating group) is 1. The average molecular weight is 405 g/mol. The molecule has 5 nitrogen and oxygen atoms in total. The summed E-state index contributed by atoms with van der Waals surface area (Å²) in [5, 5.41) is 8.56. The van der Waals surface area contributed by atoms with Gasteiger partial charge in [-0.2, -0.15) is 0 Å². The largest absolute Gasteiger partial charge is 0.373 e. The van der Waals surface area contributed by atoms with Gasteiger partial charge in [-0.05, 0) is 44.9 Å². The molecule has 0 radical (unpaired) electrons. The number of rotatable bonds is 16. The van der Waals surface area contributed by atoms with Crippen molar-refractivity contribution in [3.63, 3.8) is 0 Å². The third-order valence-corrected chi connectivity index (χ3v) is 5.97. The highest BCUT2D eigenvalue weighted by Gasteiger charge is 2.48. The van der Waals surface area contributed by atoms with Gasteiger partial charge in [0.15, 0.2) is 0 Å². The first kappa shape index (κ1) is 26.6. The number of quaternary nitrogens is 1. The zero-order chi connectivity index (χ0) is 20.8. The van der Waals surface area contributed by atoms with Gasteiger partial charge >= 0.3 is 7.60 Å². The minimum absolute atomic E-state index is 0.0485. The standard InChI is InChI=1S/C21H42NO4P/c1-5-6-7-8-9-10-11-12-13-14-15-16-17-18-19-21(23,27(24,25)26)20-22(2,3)4/h8-9,12-13,23H,5-7,10-11,14-20H2,1-4H3,(H-,24,25,26)/p+1/b9-8-,13-12-. The van der Waals surface area contributed by atoms with Gasteiger partial charge in [-0.25, -0.2) is 0 Å². The van der Waals surface area contributed by atoms with Crippen LogP contribution >= 0.6 is 7.60 Å². The third-order valence-electron chi connectivity index (χ3n) is 4.53. The first-order chi connectivity index (χ1) is 12.5. The Hall–Kier alpha value is -0.450. The number of allylic oxidation sites excluding steroid dienone is 4. The second kappa shape index (κ2) is 13.7. The van der Waals surface area contributed by atoms with Crippen molar-refractivity contribution < 1.29 is 23.9 Å². The van der Waals surface area contributed by atoms with E-state index in [0.29, 0.717) is 10.9 Å². The number of unbranched alkanes of at least 4 members (excludes halogenated alkanes) is 7. The highest BCUT2D eigenvalue weighted by molar-refractivity contribution is 7.53. The summed E-state index contributed by atoms with van der Waals surface area (Å²) >= 11 is 0. The van der Waals surface area contributed by atoms with Crippen LogP contribution in [-0.2, 0) is 4.57 Å². The summed E-state index contributed by atoms with van der Waals surface area (Å²) in [6.45, 7) is 2.26. The molecule has 6 heteroatoms. The number of hydrogen-bond donors (Lipinski definition) is 3. The lowest BCUT2D eigenvalue weighted by Gasteiger charge is -2.35. The van der Waals surface area contributed by atoms with Gasteiger partial charge in [0.1, 0.15) is 6.54 Å². The molecule has 0 aliphatic heterocycles. The average Bonchev–Trinajstić information content (AvgIpc) is 2.52. The number of hydrogen-bond acceptors (Lipinski definition) is 2. The predicted molar refractivity (Wildman–Crippen MR) is 115 cm³/mol. The summed E-state index contributed by atoms with van der Waals surface area (Å²) in [7, 11) is 0.935. The monoisotopic (exact) mass is 404 g/mol. The topological polar surface area (TPSA) is 77.8 Å². The second-order valence-corrected chi connectivity index (χ2v) is 10.5. The van der Waals surface area contributed by atoms with Gasteiger partial charge in [0.2, 0.25) is 5.34 Å². The Morgan fingerprint density at radius 1 is 0.815 bits per heavy atom. The van der Waals surface area contributed by atoms with E-state index in [1.54, 1.807) is 0 Å². The van der Waals surface area contributed by atoms with Crippen molar-refractivity contribution in [3.05, 3.63) is 24.3 Å². The molecule has 0 aromatic rings. The van der Waals surface area contributed by atoms with E-state index in [9.17, 15) is 19.5 Å². The molecule has 0 rings (SSSR count). The van der Waals surface area contributed by atoms with Crippen LogP contribution in [0.15, 0.2) is 24.3 Å². The van der Waals surface area contributed by atoms with Crippen molar-refractivity contribution in [2.24, 2.45) is 0 Å². The maximum Gasteiger partial charge on any atom is 0.362 e. The highest BCUT2D eigenvalue weighted by atomic mass is 31.2. The van der Waals surface area contributed by atoms with Crippen molar-refractivity contribution in [3.8, 4) is 0 Å². The van der Waals surface area contributed by atoms with E-state index in [-0.39, 0.29) is 13.0 Å². The van der Waals surface area contributed by atoms with Crippen LogP contribution in [0.3, 0.4) is 0 Å². The van der Waals surface area contributed by atoms with Crippen LogP contribution in [0.5, 0.6) is 0 Å². The van der Waals surface area contributed by atoms with Gasteiger partial charge < -0.3 is 19.4 Å². The minimum atomic E-state index is -4.55. The van der Waals surface area contributed by atoms with E-state index in [0.717, 1.165) is 38.5 Å². The summed E-state index contributed by atoms with van der Waals surface area (Å²) in [6, 6.07) is 0. The summed E-state index contributed by atoms with van der Waals surface area (Å²) in [4.78, 5) is 19.1. The zero-order valence-electron chi connectivity index (χ0n) is 17.9. The Balaban J connectivity index is 3.90.